The van der Waals surface area contributed by atoms with Crippen LogP contribution < -0.4 is 0 Å². The molecule has 0 spiro atoms. The molecule has 0 unspecified atom stereocenters. The van der Waals surface area contributed by atoms with Crippen molar-refractivity contribution in [3.63, 3.8) is 0 Å². The summed E-state index contributed by atoms with van der Waals surface area (Å²) in [5.74, 6) is 0.154. The Bertz CT molecular complexity index is 594. The number of likely N-dealkylation sites (tertiary alicyclic amines) is 1. The van der Waals surface area contributed by atoms with Crippen molar-refractivity contribution >= 4 is 5.91 Å². The van der Waals surface area contributed by atoms with Crippen molar-refractivity contribution in [2.24, 2.45) is 0 Å². The van der Waals surface area contributed by atoms with Gasteiger partial charge in [-0.2, -0.15) is 0 Å². The Labute approximate surface area is 145 Å². The van der Waals surface area contributed by atoms with Crippen LogP contribution in [0, 0.1) is 0 Å². The Kier molecular flexibility index (Phi) is 4.97. The van der Waals surface area contributed by atoms with Crippen molar-refractivity contribution < 1.29 is 9.90 Å². The Morgan fingerprint density at radius 2 is 2.00 bits per heavy atom. The standard InChI is InChI=1S/C20H30N2O2/c1-20(2,24)11-9-15-5-4-6-16(13-15)19(23)22-12-10-17-7-8-18(14-22)21(17)3/h4-6,13,17-18,24H,7-12,14H2,1-3H3/t17-,18+/m0/s1. The summed E-state index contributed by atoms with van der Waals surface area (Å²) in [7, 11) is 2.20. The van der Waals surface area contributed by atoms with Gasteiger partial charge in [0.1, 0.15) is 0 Å². The number of fused-ring (bicyclic) bond motifs is 2. The van der Waals surface area contributed by atoms with E-state index in [1.807, 2.05) is 43.0 Å². The summed E-state index contributed by atoms with van der Waals surface area (Å²) < 4.78 is 0. The van der Waals surface area contributed by atoms with Crippen LogP contribution in [-0.4, -0.2) is 58.6 Å². The Morgan fingerprint density at radius 1 is 1.25 bits per heavy atom. The number of carbonyl (C=O) groups excluding carboxylic acids is 1. The molecule has 2 aliphatic rings. The molecule has 24 heavy (non-hydrogen) atoms. The van der Waals surface area contributed by atoms with E-state index in [2.05, 4.69) is 11.9 Å². The predicted octanol–water partition coefficient (Wildman–Crippen LogP) is 2.70. The van der Waals surface area contributed by atoms with E-state index in [4.69, 9.17) is 0 Å². The van der Waals surface area contributed by atoms with Crippen LogP contribution in [0.15, 0.2) is 24.3 Å². The van der Waals surface area contributed by atoms with Gasteiger partial charge in [-0.05, 0) is 70.7 Å². The van der Waals surface area contributed by atoms with E-state index in [1.54, 1.807) is 0 Å². The molecule has 132 valence electrons. The summed E-state index contributed by atoms with van der Waals surface area (Å²) in [6, 6.07) is 9.08. The number of hydrogen-bond acceptors (Lipinski definition) is 3. The Hall–Kier alpha value is -1.39. The maximum atomic E-state index is 12.9. The second-order valence-electron chi connectivity index (χ2n) is 8.10. The number of rotatable bonds is 4. The van der Waals surface area contributed by atoms with Gasteiger partial charge in [0.2, 0.25) is 0 Å². The fourth-order valence-corrected chi connectivity index (χ4v) is 3.99. The fourth-order valence-electron chi connectivity index (χ4n) is 3.99. The van der Waals surface area contributed by atoms with Gasteiger partial charge in [0, 0.05) is 30.7 Å². The predicted molar refractivity (Wildman–Crippen MR) is 96.2 cm³/mol. The number of nitrogens with zero attached hydrogens (tertiary/aromatic N) is 2. The van der Waals surface area contributed by atoms with Gasteiger partial charge in [-0.3, -0.25) is 9.69 Å². The average Bonchev–Trinajstić information content (AvgIpc) is 2.77. The number of hydrogen-bond donors (Lipinski definition) is 1. The van der Waals surface area contributed by atoms with Gasteiger partial charge in [-0.15, -0.1) is 0 Å². The summed E-state index contributed by atoms with van der Waals surface area (Å²) in [5, 5.41) is 9.90. The quantitative estimate of drug-likeness (QED) is 0.923. The van der Waals surface area contributed by atoms with E-state index in [0.29, 0.717) is 18.5 Å². The first-order chi connectivity index (χ1) is 11.3. The molecule has 2 saturated heterocycles. The molecular weight excluding hydrogens is 300 g/mol. The molecule has 2 heterocycles. The van der Waals surface area contributed by atoms with Gasteiger partial charge < -0.3 is 10.0 Å². The molecule has 2 fully saturated rings. The molecule has 4 heteroatoms. The minimum atomic E-state index is -0.672. The van der Waals surface area contributed by atoms with Gasteiger partial charge in [-0.25, -0.2) is 0 Å². The van der Waals surface area contributed by atoms with E-state index in [9.17, 15) is 9.90 Å². The lowest BCUT2D eigenvalue weighted by Gasteiger charge is -2.26. The third kappa shape index (κ3) is 3.98. The minimum Gasteiger partial charge on any atom is -0.390 e. The van der Waals surface area contributed by atoms with Crippen molar-refractivity contribution in [2.75, 3.05) is 20.1 Å². The first-order valence-corrected chi connectivity index (χ1v) is 9.16. The molecule has 1 aromatic rings. The summed E-state index contributed by atoms with van der Waals surface area (Å²) in [6.07, 6.45) is 5.05. The van der Waals surface area contributed by atoms with E-state index in [1.165, 1.54) is 12.8 Å². The average molecular weight is 330 g/mol. The van der Waals surface area contributed by atoms with E-state index in [0.717, 1.165) is 37.1 Å². The Morgan fingerprint density at radius 3 is 2.75 bits per heavy atom. The van der Waals surface area contributed by atoms with Crippen molar-refractivity contribution in [1.29, 1.82) is 0 Å². The minimum absolute atomic E-state index is 0.154. The van der Waals surface area contributed by atoms with Crippen LogP contribution in [0.25, 0.3) is 0 Å². The van der Waals surface area contributed by atoms with Gasteiger partial charge in [0.15, 0.2) is 0 Å². The van der Waals surface area contributed by atoms with Gasteiger partial charge in [0.05, 0.1) is 5.60 Å². The molecular formula is C20H30N2O2. The van der Waals surface area contributed by atoms with E-state index < -0.39 is 5.60 Å². The lowest BCUT2D eigenvalue weighted by molar-refractivity contribution is 0.0714. The lowest BCUT2D eigenvalue weighted by Crippen LogP contribution is -2.39. The van der Waals surface area contributed by atoms with E-state index in [-0.39, 0.29) is 5.91 Å². The zero-order chi connectivity index (χ0) is 17.3. The smallest absolute Gasteiger partial charge is 0.253 e. The van der Waals surface area contributed by atoms with Crippen LogP contribution in [0.2, 0.25) is 0 Å². The molecule has 0 aliphatic carbocycles. The van der Waals surface area contributed by atoms with Crippen LogP contribution >= 0.6 is 0 Å². The monoisotopic (exact) mass is 330 g/mol. The molecule has 4 nitrogen and oxygen atoms in total. The first-order valence-electron chi connectivity index (χ1n) is 9.16. The van der Waals surface area contributed by atoms with E-state index >= 15 is 0 Å². The highest BCUT2D eigenvalue weighted by molar-refractivity contribution is 5.94. The zero-order valence-corrected chi connectivity index (χ0v) is 15.2. The van der Waals surface area contributed by atoms with Crippen molar-refractivity contribution in [3.8, 4) is 0 Å². The topological polar surface area (TPSA) is 43.8 Å². The second kappa shape index (κ2) is 6.85. The van der Waals surface area contributed by atoms with Gasteiger partial charge in [0.25, 0.3) is 5.91 Å². The molecule has 0 radical (unpaired) electrons. The maximum Gasteiger partial charge on any atom is 0.253 e. The largest absolute Gasteiger partial charge is 0.390 e. The molecule has 3 rings (SSSR count). The highest BCUT2D eigenvalue weighted by atomic mass is 16.3. The molecule has 1 aromatic carbocycles. The van der Waals surface area contributed by atoms with Crippen LogP contribution in [0.4, 0.5) is 0 Å². The third-order valence-electron chi connectivity index (χ3n) is 5.64. The molecule has 1 N–H and O–H groups in total. The molecule has 1 amide bonds. The first kappa shape index (κ1) is 17.4. The van der Waals surface area contributed by atoms with Gasteiger partial charge >= 0.3 is 0 Å². The zero-order valence-electron chi connectivity index (χ0n) is 15.2. The highest BCUT2D eigenvalue weighted by Crippen LogP contribution is 2.29. The summed E-state index contributed by atoms with van der Waals surface area (Å²) in [6.45, 7) is 5.35. The number of benzene rings is 1. The SMILES string of the molecule is CN1[C@H]2CC[C@@H]1CN(C(=O)c1cccc(CCC(C)(C)O)c1)CC2. The number of amides is 1. The summed E-state index contributed by atoms with van der Waals surface area (Å²) in [4.78, 5) is 17.4. The van der Waals surface area contributed by atoms with Crippen LogP contribution in [-0.2, 0) is 6.42 Å². The number of likely N-dealkylation sites (N-methyl/N-ethyl adjacent to an activating group) is 1. The molecule has 2 bridgehead atoms. The van der Waals surface area contributed by atoms with Crippen LogP contribution in [0.3, 0.4) is 0 Å². The van der Waals surface area contributed by atoms with Crippen LogP contribution in [0.1, 0.15) is 55.5 Å². The number of carbonyl (C=O) groups is 1. The van der Waals surface area contributed by atoms with Crippen molar-refractivity contribution in [1.82, 2.24) is 9.80 Å². The summed E-state index contributed by atoms with van der Waals surface area (Å²) >= 11 is 0. The van der Waals surface area contributed by atoms with Crippen molar-refractivity contribution in [2.45, 2.75) is 63.6 Å². The number of aryl methyl sites for hydroxylation is 1. The molecule has 2 aliphatic heterocycles. The molecule has 2 atom stereocenters. The fraction of sp³-hybridized carbons (Fsp3) is 0.650. The van der Waals surface area contributed by atoms with Gasteiger partial charge in [-0.1, -0.05) is 12.1 Å². The molecule has 0 saturated carbocycles. The number of aliphatic hydroxyl groups is 1. The van der Waals surface area contributed by atoms with Crippen LogP contribution in [0.5, 0.6) is 0 Å². The maximum absolute atomic E-state index is 12.9. The highest BCUT2D eigenvalue weighted by Gasteiger charge is 2.36. The Balaban J connectivity index is 1.68. The summed E-state index contributed by atoms with van der Waals surface area (Å²) in [5.41, 5.74) is 1.23. The third-order valence-corrected chi connectivity index (χ3v) is 5.64. The lowest BCUT2D eigenvalue weighted by atomic mass is 9.97. The van der Waals surface area contributed by atoms with Crippen molar-refractivity contribution in [3.05, 3.63) is 35.4 Å². The second-order valence-corrected chi connectivity index (χ2v) is 8.10. The normalized spacial score (nSPS) is 24.9. The molecule has 0 aromatic heterocycles.